The number of H-pyrrole nitrogens is 1. The SMILES string of the molecule is CCOC(=O)c1cnc2cc(-c3cc[nH]n3)ccn12. The molecule has 0 saturated carbocycles. The number of carbonyl (C=O) groups is 1. The number of aromatic nitrogens is 4. The van der Waals surface area contributed by atoms with Gasteiger partial charge >= 0.3 is 5.97 Å². The van der Waals surface area contributed by atoms with Crippen molar-refractivity contribution in [3.05, 3.63) is 42.5 Å². The lowest BCUT2D eigenvalue weighted by Crippen LogP contribution is -2.07. The Morgan fingerprint density at radius 1 is 1.47 bits per heavy atom. The molecule has 6 heteroatoms. The Labute approximate surface area is 109 Å². The zero-order valence-corrected chi connectivity index (χ0v) is 10.3. The minimum absolute atomic E-state index is 0.345. The molecule has 0 aliphatic rings. The highest BCUT2D eigenvalue weighted by atomic mass is 16.5. The highest BCUT2D eigenvalue weighted by Gasteiger charge is 2.13. The van der Waals surface area contributed by atoms with E-state index in [0.29, 0.717) is 17.9 Å². The number of ether oxygens (including phenoxy) is 1. The summed E-state index contributed by atoms with van der Waals surface area (Å²) in [4.78, 5) is 15.9. The second-order valence-electron chi connectivity index (χ2n) is 3.97. The van der Waals surface area contributed by atoms with Crippen LogP contribution >= 0.6 is 0 Å². The molecule has 0 saturated heterocycles. The molecule has 3 rings (SSSR count). The van der Waals surface area contributed by atoms with E-state index in [0.717, 1.165) is 11.3 Å². The molecule has 0 aromatic carbocycles. The second kappa shape index (κ2) is 4.56. The summed E-state index contributed by atoms with van der Waals surface area (Å²) in [6, 6.07) is 5.63. The largest absolute Gasteiger partial charge is 0.461 e. The van der Waals surface area contributed by atoms with Crippen molar-refractivity contribution in [1.82, 2.24) is 19.6 Å². The van der Waals surface area contributed by atoms with Gasteiger partial charge in [0.05, 0.1) is 18.5 Å². The molecule has 19 heavy (non-hydrogen) atoms. The molecule has 0 aliphatic carbocycles. The third-order valence-corrected chi connectivity index (χ3v) is 2.79. The summed E-state index contributed by atoms with van der Waals surface area (Å²) in [5.74, 6) is -0.373. The van der Waals surface area contributed by atoms with Crippen LogP contribution in [-0.4, -0.2) is 32.2 Å². The average molecular weight is 256 g/mol. The third kappa shape index (κ3) is 1.97. The van der Waals surface area contributed by atoms with Crippen molar-refractivity contribution in [2.24, 2.45) is 0 Å². The summed E-state index contributed by atoms with van der Waals surface area (Å²) in [6.07, 6.45) is 5.06. The summed E-state index contributed by atoms with van der Waals surface area (Å²) in [5.41, 5.74) is 2.88. The Balaban J connectivity index is 2.05. The van der Waals surface area contributed by atoms with Gasteiger partial charge in [-0.15, -0.1) is 0 Å². The van der Waals surface area contributed by atoms with Gasteiger partial charge in [0.15, 0.2) is 5.69 Å². The highest BCUT2D eigenvalue weighted by molar-refractivity contribution is 5.88. The summed E-state index contributed by atoms with van der Waals surface area (Å²) in [5, 5.41) is 6.88. The van der Waals surface area contributed by atoms with Crippen molar-refractivity contribution >= 4 is 11.6 Å². The first-order chi connectivity index (χ1) is 9.29. The number of rotatable bonds is 3. The van der Waals surface area contributed by atoms with Gasteiger partial charge in [-0.05, 0) is 25.1 Å². The van der Waals surface area contributed by atoms with Crippen molar-refractivity contribution in [1.29, 1.82) is 0 Å². The molecular formula is C13H12N4O2. The number of esters is 1. The van der Waals surface area contributed by atoms with E-state index in [1.54, 1.807) is 23.7 Å². The monoisotopic (exact) mass is 256 g/mol. The Kier molecular flexibility index (Phi) is 2.75. The third-order valence-electron chi connectivity index (χ3n) is 2.79. The first-order valence-corrected chi connectivity index (χ1v) is 5.94. The molecule has 0 fully saturated rings. The first-order valence-electron chi connectivity index (χ1n) is 5.94. The molecule has 0 atom stereocenters. The molecular weight excluding hydrogens is 244 g/mol. The van der Waals surface area contributed by atoms with Crippen molar-refractivity contribution in [3.8, 4) is 11.3 Å². The van der Waals surface area contributed by atoms with Crippen LogP contribution < -0.4 is 0 Å². The van der Waals surface area contributed by atoms with Crippen LogP contribution in [0.15, 0.2) is 36.8 Å². The number of pyridine rings is 1. The van der Waals surface area contributed by atoms with Crippen molar-refractivity contribution in [3.63, 3.8) is 0 Å². The maximum Gasteiger partial charge on any atom is 0.356 e. The number of aromatic amines is 1. The molecule has 3 heterocycles. The van der Waals surface area contributed by atoms with Crippen LogP contribution in [0.25, 0.3) is 16.9 Å². The molecule has 0 spiro atoms. The Hall–Kier alpha value is -2.63. The van der Waals surface area contributed by atoms with E-state index >= 15 is 0 Å². The minimum Gasteiger partial charge on any atom is -0.461 e. The van der Waals surface area contributed by atoms with Crippen LogP contribution in [0.2, 0.25) is 0 Å². The summed E-state index contributed by atoms with van der Waals surface area (Å²) >= 11 is 0. The topological polar surface area (TPSA) is 72.3 Å². The minimum atomic E-state index is -0.373. The van der Waals surface area contributed by atoms with Gasteiger partial charge in [-0.25, -0.2) is 9.78 Å². The lowest BCUT2D eigenvalue weighted by molar-refractivity contribution is 0.0518. The molecule has 3 aromatic heterocycles. The zero-order valence-electron chi connectivity index (χ0n) is 10.3. The summed E-state index contributed by atoms with van der Waals surface area (Å²) < 4.78 is 6.68. The predicted octanol–water partition coefficient (Wildman–Crippen LogP) is 1.90. The lowest BCUT2D eigenvalue weighted by Gasteiger charge is -2.02. The quantitative estimate of drug-likeness (QED) is 0.726. The molecule has 1 N–H and O–H groups in total. The number of hydrogen-bond acceptors (Lipinski definition) is 4. The van der Waals surface area contributed by atoms with E-state index in [2.05, 4.69) is 15.2 Å². The fourth-order valence-electron chi connectivity index (χ4n) is 1.92. The second-order valence-corrected chi connectivity index (χ2v) is 3.97. The fourth-order valence-corrected chi connectivity index (χ4v) is 1.92. The number of hydrogen-bond donors (Lipinski definition) is 1. The van der Waals surface area contributed by atoms with E-state index < -0.39 is 0 Å². The van der Waals surface area contributed by atoms with E-state index in [4.69, 9.17) is 4.74 Å². The lowest BCUT2D eigenvalue weighted by atomic mass is 10.2. The zero-order chi connectivity index (χ0) is 13.2. The van der Waals surface area contributed by atoms with Gasteiger partial charge in [0.2, 0.25) is 0 Å². The number of nitrogens with zero attached hydrogens (tertiary/aromatic N) is 3. The number of nitrogens with one attached hydrogen (secondary N) is 1. The van der Waals surface area contributed by atoms with Gasteiger partial charge in [0.1, 0.15) is 5.65 Å². The smallest absolute Gasteiger partial charge is 0.356 e. The van der Waals surface area contributed by atoms with Gasteiger partial charge in [-0.3, -0.25) is 9.50 Å². The normalized spacial score (nSPS) is 10.8. The van der Waals surface area contributed by atoms with Crippen molar-refractivity contribution in [2.45, 2.75) is 6.92 Å². The van der Waals surface area contributed by atoms with Gasteiger partial charge in [0.25, 0.3) is 0 Å². The van der Waals surface area contributed by atoms with Crippen LogP contribution in [-0.2, 0) is 4.74 Å². The first kappa shape index (κ1) is 11.5. The van der Waals surface area contributed by atoms with Gasteiger partial charge in [0, 0.05) is 18.0 Å². The van der Waals surface area contributed by atoms with Crippen LogP contribution in [0.1, 0.15) is 17.4 Å². The Morgan fingerprint density at radius 3 is 3.11 bits per heavy atom. The van der Waals surface area contributed by atoms with Crippen LogP contribution in [0.5, 0.6) is 0 Å². The van der Waals surface area contributed by atoms with Crippen LogP contribution in [0, 0.1) is 0 Å². The fraction of sp³-hybridized carbons (Fsp3) is 0.154. The summed E-state index contributed by atoms with van der Waals surface area (Å²) in [7, 11) is 0. The molecule has 0 bridgehead atoms. The molecule has 0 radical (unpaired) electrons. The average Bonchev–Trinajstić information content (AvgIpc) is 3.07. The predicted molar refractivity (Wildman–Crippen MR) is 68.7 cm³/mol. The van der Waals surface area contributed by atoms with E-state index in [1.165, 1.54) is 6.20 Å². The van der Waals surface area contributed by atoms with Gasteiger partial charge in [-0.1, -0.05) is 0 Å². The molecule has 0 aliphatic heterocycles. The van der Waals surface area contributed by atoms with E-state index in [-0.39, 0.29) is 5.97 Å². The molecule has 96 valence electrons. The number of fused-ring (bicyclic) bond motifs is 1. The molecule has 0 amide bonds. The highest BCUT2D eigenvalue weighted by Crippen LogP contribution is 2.18. The molecule has 6 nitrogen and oxygen atoms in total. The van der Waals surface area contributed by atoms with Crippen molar-refractivity contribution < 1.29 is 9.53 Å². The molecule has 0 unspecified atom stereocenters. The summed E-state index contributed by atoms with van der Waals surface area (Å²) in [6.45, 7) is 2.12. The maximum absolute atomic E-state index is 11.7. The van der Waals surface area contributed by atoms with E-state index in [9.17, 15) is 4.79 Å². The number of imidazole rings is 1. The van der Waals surface area contributed by atoms with E-state index in [1.807, 2.05) is 18.2 Å². The Morgan fingerprint density at radius 2 is 2.37 bits per heavy atom. The van der Waals surface area contributed by atoms with Crippen LogP contribution in [0.4, 0.5) is 0 Å². The standard InChI is InChI=1S/C13H12N4O2/c1-2-19-13(18)11-8-14-12-7-9(4-6-17(11)12)10-3-5-15-16-10/h3-8H,2H2,1H3,(H,15,16). The maximum atomic E-state index is 11.7. The van der Waals surface area contributed by atoms with Gasteiger partial charge in [-0.2, -0.15) is 5.10 Å². The van der Waals surface area contributed by atoms with Gasteiger partial charge < -0.3 is 4.74 Å². The van der Waals surface area contributed by atoms with Crippen LogP contribution in [0.3, 0.4) is 0 Å². The number of carbonyl (C=O) groups excluding carboxylic acids is 1. The Bertz CT molecular complexity index is 715. The van der Waals surface area contributed by atoms with Crippen molar-refractivity contribution in [2.75, 3.05) is 6.61 Å². The molecule has 3 aromatic rings.